The third-order valence-corrected chi connectivity index (χ3v) is 0.764. The van der Waals surface area contributed by atoms with Gasteiger partial charge in [-0.2, -0.15) is 0 Å². The maximum Gasteiger partial charge on any atom is 0.225 e. The minimum Gasteiger partial charge on any atom is -0.330 e. The maximum atomic E-state index is 9.69. The molecule has 1 heterocycles. The number of H-pyrrole nitrogens is 1. The molecule has 5 nitrogen and oxygen atoms in total. The smallest absolute Gasteiger partial charge is 0.225 e. The fraction of sp³-hybridized carbons (Fsp3) is 0. The lowest BCUT2D eigenvalue weighted by atomic mass is 10.8. The van der Waals surface area contributed by atoms with Crippen LogP contribution in [0.2, 0.25) is 0 Å². The Bertz CT molecular complexity index is 171. The van der Waals surface area contributed by atoms with Gasteiger partial charge in [-0.05, 0) is 0 Å². The van der Waals surface area contributed by atoms with E-state index in [1.807, 2.05) is 0 Å². The van der Waals surface area contributed by atoms with E-state index >= 15 is 0 Å². The van der Waals surface area contributed by atoms with Crippen molar-refractivity contribution in [2.24, 2.45) is 0 Å². The van der Waals surface area contributed by atoms with E-state index in [0.29, 0.717) is 12.2 Å². The van der Waals surface area contributed by atoms with Crippen LogP contribution in [-0.2, 0) is 4.79 Å². The minimum absolute atomic E-state index is 0.542. The van der Waals surface area contributed by atoms with E-state index in [9.17, 15) is 4.79 Å². The second kappa shape index (κ2) is 2.71. The van der Waals surface area contributed by atoms with Gasteiger partial charge in [0.25, 0.3) is 0 Å². The number of hydrogen-bond donors (Lipinski definition) is 3. The Morgan fingerprint density at radius 2 is 2.67 bits per heavy atom. The Morgan fingerprint density at radius 3 is 3.22 bits per heavy atom. The molecule has 5 heteroatoms. The van der Waals surface area contributed by atoms with E-state index in [4.69, 9.17) is 0 Å². The molecule has 0 atom stereocenters. The highest BCUT2D eigenvalue weighted by Crippen LogP contribution is 1.92. The van der Waals surface area contributed by atoms with Gasteiger partial charge >= 0.3 is 0 Å². The fourth-order valence-corrected chi connectivity index (χ4v) is 0.431. The zero-order valence-electron chi connectivity index (χ0n) is 4.59. The number of amides is 1. The van der Waals surface area contributed by atoms with Crippen LogP contribution in [0.25, 0.3) is 0 Å². The number of hydrogen-bond acceptors (Lipinski definition) is 3. The Kier molecular flexibility index (Phi) is 1.69. The average molecular weight is 126 g/mol. The van der Waals surface area contributed by atoms with E-state index < -0.39 is 0 Å². The molecule has 0 aliphatic heterocycles. The average Bonchev–Trinajstić information content (AvgIpc) is 2.34. The van der Waals surface area contributed by atoms with Crippen molar-refractivity contribution in [3.8, 4) is 0 Å². The third kappa shape index (κ3) is 1.45. The summed E-state index contributed by atoms with van der Waals surface area (Å²) in [6.07, 6.45) is 3.60. The van der Waals surface area contributed by atoms with Gasteiger partial charge in [-0.15, -0.1) is 0 Å². The first kappa shape index (κ1) is 5.61. The molecule has 0 bridgehead atoms. The van der Waals surface area contributed by atoms with Gasteiger partial charge in [0.05, 0.1) is 12.5 Å². The molecule has 0 saturated carbocycles. The zero-order chi connectivity index (χ0) is 6.53. The van der Waals surface area contributed by atoms with Gasteiger partial charge in [-0.3, -0.25) is 15.6 Å². The van der Waals surface area contributed by atoms with Gasteiger partial charge in [-0.1, -0.05) is 0 Å². The summed E-state index contributed by atoms with van der Waals surface area (Å²) in [5.41, 5.74) is 4.79. The molecule has 0 aliphatic rings. The second-order valence-corrected chi connectivity index (χ2v) is 1.35. The highest BCUT2D eigenvalue weighted by atomic mass is 16.1. The summed E-state index contributed by atoms with van der Waals surface area (Å²) in [5, 5.41) is 0. The molecule has 0 unspecified atom stereocenters. The summed E-state index contributed by atoms with van der Waals surface area (Å²) < 4.78 is 0. The summed E-state index contributed by atoms with van der Waals surface area (Å²) in [5.74, 6) is 0.655. The Morgan fingerprint density at radius 1 is 1.78 bits per heavy atom. The third-order valence-electron chi connectivity index (χ3n) is 0.764. The van der Waals surface area contributed by atoms with Crippen LogP contribution in [0.1, 0.15) is 0 Å². The zero-order valence-corrected chi connectivity index (χ0v) is 4.59. The number of aromatic amines is 1. The van der Waals surface area contributed by atoms with E-state index in [0.717, 1.165) is 0 Å². The molecule has 0 fully saturated rings. The van der Waals surface area contributed by atoms with E-state index in [2.05, 4.69) is 20.8 Å². The molecular weight excluding hydrogens is 120 g/mol. The molecule has 0 aliphatic carbocycles. The Balaban J connectivity index is 2.38. The largest absolute Gasteiger partial charge is 0.330 e. The number of rotatable bonds is 3. The number of nitrogens with zero attached hydrogens (tertiary/aromatic N) is 1. The normalized spacial score (nSPS) is 8.44. The molecule has 1 aromatic rings. The first-order valence-corrected chi connectivity index (χ1v) is 2.37. The van der Waals surface area contributed by atoms with Crippen molar-refractivity contribution < 1.29 is 4.79 Å². The van der Waals surface area contributed by atoms with Crippen molar-refractivity contribution in [2.45, 2.75) is 0 Å². The van der Waals surface area contributed by atoms with Crippen LogP contribution in [0.3, 0.4) is 0 Å². The van der Waals surface area contributed by atoms with Gasteiger partial charge < -0.3 is 4.98 Å². The lowest BCUT2D eigenvalue weighted by Crippen LogP contribution is -2.18. The van der Waals surface area contributed by atoms with Crippen molar-refractivity contribution in [3.63, 3.8) is 0 Å². The molecule has 48 valence electrons. The van der Waals surface area contributed by atoms with E-state index in [1.165, 1.54) is 6.33 Å². The number of hydrazine groups is 1. The summed E-state index contributed by atoms with van der Waals surface area (Å²) in [6, 6.07) is 0. The molecule has 0 radical (unpaired) electrons. The quantitative estimate of drug-likeness (QED) is 0.377. The predicted octanol–water partition coefficient (Wildman–Crippen LogP) is -0.517. The lowest BCUT2D eigenvalue weighted by Gasteiger charge is -1.95. The summed E-state index contributed by atoms with van der Waals surface area (Å²) in [6.45, 7) is 0. The monoisotopic (exact) mass is 126 g/mol. The number of nitrogens with one attached hydrogen (secondary N) is 3. The predicted molar refractivity (Wildman–Crippen MR) is 31.4 cm³/mol. The standard InChI is InChI=1S/C4H6N4O/c9-3-7-8-4-1-5-2-6-4/h1-3,8H,(H,5,6)(H,7,9). The summed E-state index contributed by atoms with van der Waals surface area (Å²) in [4.78, 5) is 16.1. The molecule has 1 rings (SSSR count). The first-order valence-electron chi connectivity index (χ1n) is 2.37. The fourth-order valence-electron chi connectivity index (χ4n) is 0.431. The van der Waals surface area contributed by atoms with Crippen LogP contribution in [-0.4, -0.2) is 16.4 Å². The molecule has 1 amide bonds. The van der Waals surface area contributed by atoms with E-state index in [1.54, 1.807) is 6.20 Å². The number of aromatic nitrogens is 2. The van der Waals surface area contributed by atoms with Crippen molar-refractivity contribution in [2.75, 3.05) is 5.43 Å². The van der Waals surface area contributed by atoms with Crippen molar-refractivity contribution in [1.82, 2.24) is 15.4 Å². The molecule has 0 aromatic carbocycles. The van der Waals surface area contributed by atoms with Gasteiger partial charge in [0.1, 0.15) is 5.82 Å². The second-order valence-electron chi connectivity index (χ2n) is 1.35. The number of anilines is 1. The summed E-state index contributed by atoms with van der Waals surface area (Å²) >= 11 is 0. The van der Waals surface area contributed by atoms with Gasteiger partial charge in [0.2, 0.25) is 6.41 Å². The molecule has 0 spiro atoms. The molecule has 0 saturated heterocycles. The SMILES string of the molecule is O=CNNc1cnc[nH]1. The van der Waals surface area contributed by atoms with Gasteiger partial charge in [-0.25, -0.2) is 4.98 Å². The van der Waals surface area contributed by atoms with Crippen LogP contribution < -0.4 is 10.9 Å². The summed E-state index contributed by atoms with van der Waals surface area (Å²) in [7, 11) is 0. The van der Waals surface area contributed by atoms with Crippen molar-refractivity contribution >= 4 is 12.2 Å². The minimum atomic E-state index is 0.542. The molecular formula is C4H6N4O. The van der Waals surface area contributed by atoms with Gasteiger partial charge in [0, 0.05) is 0 Å². The molecule has 1 aromatic heterocycles. The Labute approximate surface area is 51.5 Å². The topological polar surface area (TPSA) is 69.8 Å². The van der Waals surface area contributed by atoms with Crippen LogP contribution in [0.15, 0.2) is 12.5 Å². The maximum absolute atomic E-state index is 9.69. The van der Waals surface area contributed by atoms with Gasteiger partial charge in [0.15, 0.2) is 0 Å². The van der Waals surface area contributed by atoms with Crippen LogP contribution in [0.5, 0.6) is 0 Å². The first-order chi connectivity index (χ1) is 4.43. The highest BCUT2D eigenvalue weighted by molar-refractivity contribution is 5.49. The van der Waals surface area contributed by atoms with Crippen molar-refractivity contribution in [3.05, 3.63) is 12.5 Å². The van der Waals surface area contributed by atoms with E-state index in [-0.39, 0.29) is 0 Å². The molecule has 3 N–H and O–H groups in total. The lowest BCUT2D eigenvalue weighted by molar-refractivity contribution is -0.109. The Hall–Kier alpha value is -1.52. The highest BCUT2D eigenvalue weighted by Gasteiger charge is 1.85. The van der Waals surface area contributed by atoms with Crippen LogP contribution in [0, 0.1) is 0 Å². The van der Waals surface area contributed by atoms with Crippen molar-refractivity contribution in [1.29, 1.82) is 0 Å². The number of carbonyl (C=O) groups is 1. The number of carbonyl (C=O) groups excluding carboxylic acids is 1. The van der Waals surface area contributed by atoms with Crippen LogP contribution >= 0.6 is 0 Å². The molecule has 9 heavy (non-hydrogen) atoms. The van der Waals surface area contributed by atoms with Crippen LogP contribution in [0.4, 0.5) is 5.82 Å². The number of imidazole rings is 1.